The van der Waals surface area contributed by atoms with E-state index in [2.05, 4.69) is 10.1 Å². The number of aromatic nitrogens is 1. The lowest BCUT2D eigenvalue weighted by atomic mass is 9.98. The summed E-state index contributed by atoms with van der Waals surface area (Å²) in [6.45, 7) is 0. The molecule has 0 spiro atoms. The summed E-state index contributed by atoms with van der Waals surface area (Å²) in [6, 6.07) is 0. The number of aliphatic carboxylic acids is 1. The van der Waals surface area contributed by atoms with E-state index in [1.807, 2.05) is 0 Å². The van der Waals surface area contributed by atoms with Gasteiger partial charge in [0, 0.05) is 5.38 Å². The van der Waals surface area contributed by atoms with Crippen molar-refractivity contribution < 1.29 is 14.7 Å². The molecule has 2 fully saturated rings. The third-order valence-electron chi connectivity index (χ3n) is 3.92. The molecule has 1 aromatic heterocycles. The number of nitrogens with zero attached hydrogens (tertiary/aromatic N) is 2. The maximum Gasteiger partial charge on any atom is 0.360 e. The molecule has 3 rings (SSSR count). The van der Waals surface area contributed by atoms with Crippen molar-refractivity contribution in [2.75, 3.05) is 5.73 Å². The highest BCUT2D eigenvalue weighted by Gasteiger charge is 2.41. The summed E-state index contributed by atoms with van der Waals surface area (Å²) in [5, 5.41) is 14.9. The molecule has 7 heteroatoms. The van der Waals surface area contributed by atoms with Crippen LogP contribution in [0.2, 0.25) is 0 Å². The van der Waals surface area contributed by atoms with Gasteiger partial charge in [-0.05, 0) is 37.5 Å². The quantitative estimate of drug-likeness (QED) is 0.647. The number of nitrogen functional groups attached to an aromatic ring is 1. The van der Waals surface area contributed by atoms with Gasteiger partial charge < -0.3 is 15.7 Å². The summed E-state index contributed by atoms with van der Waals surface area (Å²) < 4.78 is 0. The van der Waals surface area contributed by atoms with Gasteiger partial charge in [-0.2, -0.15) is 0 Å². The first-order valence-corrected chi connectivity index (χ1v) is 7.20. The van der Waals surface area contributed by atoms with Crippen LogP contribution in [0.5, 0.6) is 0 Å². The summed E-state index contributed by atoms with van der Waals surface area (Å²) in [4.78, 5) is 20.6. The lowest BCUT2D eigenvalue weighted by molar-refractivity contribution is -0.129. The highest BCUT2D eigenvalue weighted by molar-refractivity contribution is 7.13. The van der Waals surface area contributed by atoms with Crippen LogP contribution < -0.4 is 5.73 Å². The Kier molecular flexibility index (Phi) is 3.14. The fourth-order valence-electron chi connectivity index (χ4n) is 3.03. The summed E-state index contributed by atoms with van der Waals surface area (Å²) >= 11 is 1.19. The number of thiazole rings is 1. The van der Waals surface area contributed by atoms with Gasteiger partial charge in [0.1, 0.15) is 11.8 Å². The van der Waals surface area contributed by atoms with Crippen molar-refractivity contribution in [3.8, 4) is 0 Å². The Morgan fingerprint density at radius 3 is 2.89 bits per heavy atom. The third-order valence-corrected chi connectivity index (χ3v) is 4.59. The first-order valence-electron chi connectivity index (χ1n) is 6.32. The minimum absolute atomic E-state index is 0.0593. The highest BCUT2D eigenvalue weighted by Crippen LogP contribution is 2.45. The van der Waals surface area contributed by atoms with Crippen molar-refractivity contribution in [1.82, 2.24) is 4.98 Å². The molecule has 102 valence electrons. The predicted octanol–water partition coefficient (Wildman–Crippen LogP) is 1.72. The molecule has 19 heavy (non-hydrogen) atoms. The van der Waals surface area contributed by atoms with E-state index < -0.39 is 5.97 Å². The number of hydrogen-bond donors (Lipinski definition) is 2. The van der Waals surface area contributed by atoms with Gasteiger partial charge in [-0.25, -0.2) is 9.78 Å². The Bertz CT molecular complexity index is 528. The van der Waals surface area contributed by atoms with Gasteiger partial charge >= 0.3 is 5.97 Å². The van der Waals surface area contributed by atoms with E-state index in [0.717, 1.165) is 18.8 Å². The average Bonchev–Trinajstić information content (AvgIpc) is 3.05. The van der Waals surface area contributed by atoms with Gasteiger partial charge in [-0.3, -0.25) is 0 Å². The molecule has 0 amide bonds. The van der Waals surface area contributed by atoms with Crippen molar-refractivity contribution in [2.45, 2.75) is 31.8 Å². The van der Waals surface area contributed by atoms with E-state index >= 15 is 0 Å². The van der Waals surface area contributed by atoms with Gasteiger partial charge in [-0.1, -0.05) is 5.16 Å². The smallest absolute Gasteiger partial charge is 0.360 e. The number of oxime groups is 1. The van der Waals surface area contributed by atoms with E-state index in [9.17, 15) is 4.79 Å². The van der Waals surface area contributed by atoms with Crippen LogP contribution in [0.3, 0.4) is 0 Å². The molecule has 1 aromatic rings. The van der Waals surface area contributed by atoms with Gasteiger partial charge in [0.05, 0.1) is 0 Å². The molecule has 3 N–H and O–H groups in total. The molecular formula is C12H15N3O3S. The molecule has 0 aliphatic heterocycles. The lowest BCUT2D eigenvalue weighted by Gasteiger charge is -2.19. The average molecular weight is 281 g/mol. The topological polar surface area (TPSA) is 97.8 Å². The van der Waals surface area contributed by atoms with Crippen molar-refractivity contribution >= 4 is 28.1 Å². The molecule has 2 bridgehead atoms. The number of rotatable bonds is 4. The molecule has 2 aliphatic rings. The van der Waals surface area contributed by atoms with E-state index in [1.54, 1.807) is 5.38 Å². The first kappa shape index (κ1) is 12.4. The second-order valence-corrected chi connectivity index (χ2v) is 6.02. The van der Waals surface area contributed by atoms with Crippen LogP contribution >= 0.6 is 11.3 Å². The summed E-state index contributed by atoms with van der Waals surface area (Å²) in [7, 11) is 0. The minimum Gasteiger partial charge on any atom is -0.476 e. The van der Waals surface area contributed by atoms with Gasteiger partial charge in [0.2, 0.25) is 5.71 Å². The van der Waals surface area contributed by atoms with Crippen molar-refractivity contribution in [2.24, 2.45) is 17.0 Å². The molecule has 6 nitrogen and oxygen atoms in total. The van der Waals surface area contributed by atoms with E-state index in [0.29, 0.717) is 11.0 Å². The molecule has 2 saturated carbocycles. The molecular weight excluding hydrogens is 266 g/mol. The zero-order chi connectivity index (χ0) is 13.4. The molecule has 3 unspecified atom stereocenters. The summed E-state index contributed by atoms with van der Waals surface area (Å²) in [5.74, 6) is 0.117. The van der Waals surface area contributed by atoms with Gasteiger partial charge in [0.25, 0.3) is 0 Å². The Morgan fingerprint density at radius 1 is 1.53 bits per heavy atom. The SMILES string of the molecule is Nc1nc(C(=NOC2CC3CCC2C3)C(=O)O)cs1. The van der Waals surface area contributed by atoms with Crippen LogP contribution in [0.15, 0.2) is 10.5 Å². The van der Waals surface area contributed by atoms with Crippen molar-refractivity contribution in [3.63, 3.8) is 0 Å². The van der Waals surface area contributed by atoms with Crippen LogP contribution in [0.1, 0.15) is 31.4 Å². The monoisotopic (exact) mass is 281 g/mol. The fourth-order valence-corrected chi connectivity index (χ4v) is 3.58. The lowest BCUT2D eigenvalue weighted by Crippen LogP contribution is -2.21. The molecule has 0 radical (unpaired) electrons. The molecule has 1 heterocycles. The molecule has 3 atom stereocenters. The van der Waals surface area contributed by atoms with E-state index in [4.69, 9.17) is 15.7 Å². The molecule has 2 aliphatic carbocycles. The maximum absolute atomic E-state index is 11.2. The Balaban J connectivity index is 1.73. The maximum atomic E-state index is 11.2. The standard InChI is InChI=1S/C12H15N3O3S/c13-12-14-8(5-19-12)10(11(16)17)15-18-9-4-6-1-2-7(9)3-6/h5-7,9H,1-4H2,(H2,13,14)(H,16,17). The van der Waals surface area contributed by atoms with Crippen LogP contribution in [0, 0.1) is 11.8 Å². The number of carboxylic acid groups (broad SMARTS) is 1. The number of nitrogens with two attached hydrogens (primary N) is 1. The summed E-state index contributed by atoms with van der Waals surface area (Å²) in [5.41, 5.74) is 5.59. The Morgan fingerprint density at radius 2 is 2.37 bits per heavy atom. The van der Waals surface area contributed by atoms with E-state index in [1.165, 1.54) is 24.2 Å². The zero-order valence-corrected chi connectivity index (χ0v) is 11.1. The number of fused-ring (bicyclic) bond motifs is 2. The van der Waals surface area contributed by atoms with Crippen molar-refractivity contribution in [1.29, 1.82) is 0 Å². The van der Waals surface area contributed by atoms with Crippen LogP contribution in [0.4, 0.5) is 5.13 Å². The highest BCUT2D eigenvalue weighted by atomic mass is 32.1. The normalized spacial score (nSPS) is 29.7. The molecule has 0 saturated heterocycles. The fraction of sp³-hybridized carbons (Fsp3) is 0.583. The summed E-state index contributed by atoms with van der Waals surface area (Å²) in [6.07, 6.45) is 4.66. The van der Waals surface area contributed by atoms with Crippen LogP contribution in [-0.2, 0) is 9.63 Å². The second kappa shape index (κ2) is 4.80. The number of hydrogen-bond acceptors (Lipinski definition) is 6. The van der Waals surface area contributed by atoms with Crippen LogP contribution in [-0.4, -0.2) is 27.9 Å². The predicted molar refractivity (Wildman–Crippen MR) is 71.0 cm³/mol. The van der Waals surface area contributed by atoms with E-state index in [-0.39, 0.29) is 17.5 Å². The van der Waals surface area contributed by atoms with Gasteiger partial charge in [-0.15, -0.1) is 11.3 Å². The zero-order valence-electron chi connectivity index (χ0n) is 10.3. The molecule has 0 aromatic carbocycles. The Labute approximate surface area is 114 Å². The number of anilines is 1. The first-order chi connectivity index (χ1) is 9.13. The largest absolute Gasteiger partial charge is 0.476 e. The third kappa shape index (κ3) is 2.42. The Hall–Kier alpha value is -1.63. The number of carboxylic acids is 1. The minimum atomic E-state index is -1.14. The number of carbonyl (C=O) groups is 1. The second-order valence-electron chi connectivity index (χ2n) is 5.13. The van der Waals surface area contributed by atoms with Gasteiger partial charge in [0.15, 0.2) is 5.13 Å². The van der Waals surface area contributed by atoms with Crippen LogP contribution in [0.25, 0.3) is 0 Å². The van der Waals surface area contributed by atoms with Crippen molar-refractivity contribution in [3.05, 3.63) is 11.1 Å².